The summed E-state index contributed by atoms with van der Waals surface area (Å²) in [6.07, 6.45) is 0. The highest BCUT2D eigenvalue weighted by molar-refractivity contribution is 6.24. The lowest BCUT2D eigenvalue weighted by Crippen LogP contribution is -2.41. The van der Waals surface area contributed by atoms with Gasteiger partial charge in [0.05, 0.1) is 20.3 Å². The lowest BCUT2D eigenvalue weighted by Gasteiger charge is -2.35. The minimum absolute atomic E-state index is 0.299. The fraction of sp³-hybridized carbons (Fsp3) is 0.400. The van der Waals surface area contributed by atoms with Crippen LogP contribution in [0.4, 0.5) is 0 Å². The van der Waals surface area contributed by atoms with Gasteiger partial charge in [-0.3, -0.25) is 0 Å². The first-order chi connectivity index (χ1) is 6.24. The highest BCUT2D eigenvalue weighted by Crippen LogP contribution is 2.36. The molecule has 0 atom stereocenters. The zero-order valence-electron chi connectivity index (χ0n) is 7.42. The van der Waals surface area contributed by atoms with Gasteiger partial charge in [-0.05, 0) is 17.7 Å². The van der Waals surface area contributed by atoms with Gasteiger partial charge in [-0.15, -0.1) is 11.6 Å². The van der Waals surface area contributed by atoms with Gasteiger partial charge in [0.25, 0.3) is 0 Å². The third kappa shape index (κ3) is 1.52. The van der Waals surface area contributed by atoms with Gasteiger partial charge in [0.2, 0.25) is 0 Å². The smallest absolute Gasteiger partial charge is 0.118 e. The Morgan fingerprint density at radius 1 is 1.31 bits per heavy atom. The molecular weight excluding hydrogens is 188 g/mol. The SMILES string of the molecule is COc1ccc(C2(Cl)COC2)cc1. The number of hydrogen-bond acceptors (Lipinski definition) is 2. The first-order valence-electron chi connectivity index (χ1n) is 4.16. The van der Waals surface area contributed by atoms with E-state index in [0.29, 0.717) is 13.2 Å². The third-order valence-electron chi connectivity index (χ3n) is 2.27. The molecule has 1 aliphatic heterocycles. The number of ether oxygens (including phenoxy) is 2. The number of rotatable bonds is 2. The van der Waals surface area contributed by atoms with Gasteiger partial charge in [-0.25, -0.2) is 0 Å². The Balaban J connectivity index is 2.22. The molecule has 1 heterocycles. The first kappa shape index (κ1) is 8.85. The van der Waals surface area contributed by atoms with Gasteiger partial charge in [0.1, 0.15) is 10.6 Å². The molecule has 1 fully saturated rings. The molecule has 3 heteroatoms. The molecule has 2 nitrogen and oxygen atoms in total. The fourth-order valence-electron chi connectivity index (χ4n) is 1.34. The molecule has 0 N–H and O–H groups in total. The van der Waals surface area contributed by atoms with Crippen LogP contribution in [0.1, 0.15) is 5.56 Å². The zero-order valence-corrected chi connectivity index (χ0v) is 8.17. The van der Waals surface area contributed by atoms with Gasteiger partial charge in [-0.2, -0.15) is 0 Å². The fourth-order valence-corrected chi connectivity index (χ4v) is 1.62. The predicted molar refractivity (Wildman–Crippen MR) is 51.3 cm³/mol. The Morgan fingerprint density at radius 2 is 1.92 bits per heavy atom. The lowest BCUT2D eigenvalue weighted by molar-refractivity contribution is -0.0152. The van der Waals surface area contributed by atoms with E-state index in [2.05, 4.69) is 0 Å². The van der Waals surface area contributed by atoms with E-state index >= 15 is 0 Å². The average Bonchev–Trinajstić information content (AvgIpc) is 2.14. The van der Waals surface area contributed by atoms with Gasteiger partial charge in [-0.1, -0.05) is 12.1 Å². The van der Waals surface area contributed by atoms with E-state index in [0.717, 1.165) is 11.3 Å². The van der Waals surface area contributed by atoms with Crippen LogP contribution in [0.2, 0.25) is 0 Å². The van der Waals surface area contributed by atoms with Crippen LogP contribution < -0.4 is 4.74 Å². The molecule has 0 radical (unpaired) electrons. The summed E-state index contributed by atoms with van der Waals surface area (Å²) >= 11 is 6.26. The van der Waals surface area contributed by atoms with Crippen molar-refractivity contribution in [2.45, 2.75) is 4.87 Å². The molecule has 70 valence electrons. The maximum absolute atomic E-state index is 6.26. The summed E-state index contributed by atoms with van der Waals surface area (Å²) < 4.78 is 10.1. The van der Waals surface area contributed by atoms with Crippen molar-refractivity contribution in [1.29, 1.82) is 0 Å². The van der Waals surface area contributed by atoms with E-state index in [1.54, 1.807) is 7.11 Å². The molecule has 1 saturated heterocycles. The Bertz CT molecular complexity index is 290. The second-order valence-electron chi connectivity index (χ2n) is 3.19. The molecule has 1 aromatic rings. The summed E-state index contributed by atoms with van der Waals surface area (Å²) in [4.78, 5) is -0.299. The molecule has 13 heavy (non-hydrogen) atoms. The van der Waals surface area contributed by atoms with Crippen molar-refractivity contribution in [2.24, 2.45) is 0 Å². The second-order valence-corrected chi connectivity index (χ2v) is 3.91. The highest BCUT2D eigenvalue weighted by atomic mass is 35.5. The number of hydrogen-bond donors (Lipinski definition) is 0. The van der Waals surface area contributed by atoms with E-state index < -0.39 is 0 Å². The molecule has 2 rings (SSSR count). The summed E-state index contributed by atoms with van der Waals surface area (Å²) in [6.45, 7) is 1.20. The summed E-state index contributed by atoms with van der Waals surface area (Å²) in [5.74, 6) is 0.851. The van der Waals surface area contributed by atoms with E-state index in [1.165, 1.54) is 0 Å². The van der Waals surface area contributed by atoms with Crippen molar-refractivity contribution in [1.82, 2.24) is 0 Å². The molecule has 0 aromatic heterocycles. The zero-order chi connectivity index (χ0) is 9.31. The number of benzene rings is 1. The molecular formula is C10H11ClO2. The van der Waals surface area contributed by atoms with Crippen molar-refractivity contribution >= 4 is 11.6 Å². The largest absolute Gasteiger partial charge is 0.497 e. The summed E-state index contributed by atoms with van der Waals surface area (Å²) in [5.41, 5.74) is 1.10. The van der Waals surface area contributed by atoms with E-state index in [1.807, 2.05) is 24.3 Å². The topological polar surface area (TPSA) is 18.5 Å². The minimum Gasteiger partial charge on any atom is -0.497 e. The molecule has 0 unspecified atom stereocenters. The van der Waals surface area contributed by atoms with Crippen LogP contribution in [0.15, 0.2) is 24.3 Å². The van der Waals surface area contributed by atoms with Gasteiger partial charge >= 0.3 is 0 Å². The Labute approximate surface area is 82.4 Å². The van der Waals surface area contributed by atoms with Crippen molar-refractivity contribution < 1.29 is 9.47 Å². The monoisotopic (exact) mass is 198 g/mol. The first-order valence-corrected chi connectivity index (χ1v) is 4.54. The summed E-state index contributed by atoms with van der Waals surface area (Å²) in [7, 11) is 1.65. The molecule has 0 amide bonds. The van der Waals surface area contributed by atoms with Crippen molar-refractivity contribution in [3.63, 3.8) is 0 Å². The maximum Gasteiger partial charge on any atom is 0.118 e. The summed E-state index contributed by atoms with van der Waals surface area (Å²) in [5, 5.41) is 0. The van der Waals surface area contributed by atoms with E-state index in [4.69, 9.17) is 21.1 Å². The molecule has 0 saturated carbocycles. The molecule has 0 spiro atoms. The predicted octanol–water partition coefficient (Wildman–Crippen LogP) is 2.16. The van der Waals surface area contributed by atoms with Gasteiger partial charge < -0.3 is 9.47 Å². The van der Waals surface area contributed by atoms with Crippen molar-refractivity contribution in [2.75, 3.05) is 20.3 Å². The van der Waals surface area contributed by atoms with Crippen LogP contribution in [0.25, 0.3) is 0 Å². The third-order valence-corrected chi connectivity index (χ3v) is 2.71. The molecule has 1 aliphatic rings. The Morgan fingerprint density at radius 3 is 2.31 bits per heavy atom. The number of methoxy groups -OCH3 is 1. The minimum atomic E-state index is -0.299. The van der Waals surface area contributed by atoms with Crippen LogP contribution in [0.5, 0.6) is 5.75 Å². The summed E-state index contributed by atoms with van der Waals surface area (Å²) in [6, 6.07) is 7.79. The van der Waals surface area contributed by atoms with Crippen LogP contribution in [-0.4, -0.2) is 20.3 Å². The second kappa shape index (κ2) is 3.20. The normalized spacial score (nSPS) is 19.2. The molecule has 0 aliphatic carbocycles. The quantitative estimate of drug-likeness (QED) is 0.678. The van der Waals surface area contributed by atoms with Crippen LogP contribution in [0, 0.1) is 0 Å². The number of alkyl halides is 1. The van der Waals surface area contributed by atoms with E-state index in [-0.39, 0.29) is 4.87 Å². The molecule has 1 aromatic carbocycles. The maximum atomic E-state index is 6.26. The average molecular weight is 199 g/mol. The Hall–Kier alpha value is -0.730. The van der Waals surface area contributed by atoms with E-state index in [9.17, 15) is 0 Å². The van der Waals surface area contributed by atoms with Crippen LogP contribution in [0.3, 0.4) is 0 Å². The highest BCUT2D eigenvalue weighted by Gasteiger charge is 2.37. The molecule has 0 bridgehead atoms. The van der Waals surface area contributed by atoms with Crippen LogP contribution in [-0.2, 0) is 9.61 Å². The van der Waals surface area contributed by atoms with Crippen LogP contribution >= 0.6 is 11.6 Å². The number of halogens is 1. The van der Waals surface area contributed by atoms with Gasteiger partial charge in [0.15, 0.2) is 0 Å². The van der Waals surface area contributed by atoms with Crippen molar-refractivity contribution in [3.8, 4) is 5.75 Å². The van der Waals surface area contributed by atoms with Gasteiger partial charge in [0, 0.05) is 0 Å². The van der Waals surface area contributed by atoms with Crippen molar-refractivity contribution in [3.05, 3.63) is 29.8 Å². The standard InChI is InChI=1S/C10H11ClO2/c1-12-9-4-2-8(3-5-9)10(11)6-13-7-10/h2-5H,6-7H2,1H3. The lowest BCUT2D eigenvalue weighted by atomic mass is 9.96. The Kier molecular flexibility index (Phi) is 2.18.